The van der Waals surface area contributed by atoms with E-state index in [1.807, 2.05) is 37.1 Å². The molecule has 1 aromatic carbocycles. The zero-order chi connectivity index (χ0) is 19.3. The Morgan fingerprint density at radius 1 is 1.23 bits per heavy atom. The van der Waals surface area contributed by atoms with E-state index in [0.29, 0.717) is 5.92 Å². The van der Waals surface area contributed by atoms with Crippen LogP contribution in [0.2, 0.25) is 0 Å². The van der Waals surface area contributed by atoms with Crippen LogP contribution in [-0.2, 0) is 9.59 Å². The van der Waals surface area contributed by atoms with E-state index in [2.05, 4.69) is 30.1 Å². The van der Waals surface area contributed by atoms with Gasteiger partial charge >= 0.3 is 5.97 Å². The van der Waals surface area contributed by atoms with Crippen LogP contribution in [0.5, 0.6) is 0 Å². The monoisotopic (exact) mass is 361 g/mol. The van der Waals surface area contributed by atoms with Gasteiger partial charge in [0.05, 0.1) is 12.6 Å². The molecular formula is C20H31N3O3. The van der Waals surface area contributed by atoms with Crippen molar-refractivity contribution in [1.29, 1.82) is 0 Å². The summed E-state index contributed by atoms with van der Waals surface area (Å²) in [5.74, 6) is -0.441. The average molecular weight is 361 g/mol. The van der Waals surface area contributed by atoms with E-state index < -0.39 is 5.97 Å². The number of para-hydroxylation sites is 1. The molecule has 0 radical (unpaired) electrons. The molecule has 0 bridgehead atoms. The zero-order valence-electron chi connectivity index (χ0n) is 16.2. The van der Waals surface area contributed by atoms with E-state index in [4.69, 9.17) is 5.11 Å². The molecule has 0 aromatic heterocycles. The van der Waals surface area contributed by atoms with E-state index in [1.165, 1.54) is 0 Å². The van der Waals surface area contributed by atoms with E-state index in [1.54, 1.807) is 0 Å². The van der Waals surface area contributed by atoms with Gasteiger partial charge in [0.15, 0.2) is 0 Å². The van der Waals surface area contributed by atoms with Gasteiger partial charge in [-0.3, -0.25) is 19.4 Å². The number of carbonyl (C=O) groups is 2. The highest BCUT2D eigenvalue weighted by Crippen LogP contribution is 2.24. The molecule has 1 fully saturated rings. The normalized spacial score (nSPS) is 17.5. The molecule has 6 heteroatoms. The first-order valence-electron chi connectivity index (χ1n) is 9.35. The van der Waals surface area contributed by atoms with Crippen LogP contribution >= 0.6 is 0 Å². The number of piperidine rings is 1. The summed E-state index contributed by atoms with van der Waals surface area (Å²) in [6.07, 6.45) is 1.76. The standard InChI is InChI=1S/C20H31N3O3/c1-14(2)17-7-5-6-8-18(17)21-20(26)15(3)23-11-9-16(10-12-23)22(4)13-19(24)25/h5-8,14-16H,9-13H2,1-4H3,(H,21,26)(H,24,25). The highest BCUT2D eigenvalue weighted by atomic mass is 16.4. The van der Waals surface area contributed by atoms with Crippen LogP contribution in [-0.4, -0.2) is 65.5 Å². The number of aliphatic carboxylic acids is 1. The Kier molecular flexibility index (Phi) is 7.17. The van der Waals surface area contributed by atoms with Gasteiger partial charge in [-0.1, -0.05) is 32.0 Å². The van der Waals surface area contributed by atoms with Gasteiger partial charge in [0.2, 0.25) is 5.91 Å². The van der Waals surface area contributed by atoms with Gasteiger partial charge in [0.1, 0.15) is 0 Å². The highest BCUT2D eigenvalue weighted by Gasteiger charge is 2.29. The maximum atomic E-state index is 12.7. The number of benzene rings is 1. The van der Waals surface area contributed by atoms with Gasteiger partial charge in [-0.2, -0.15) is 0 Å². The molecule has 1 aliphatic rings. The number of nitrogens with zero attached hydrogens (tertiary/aromatic N) is 2. The Bertz CT molecular complexity index is 624. The zero-order valence-corrected chi connectivity index (χ0v) is 16.2. The van der Waals surface area contributed by atoms with Crippen LogP contribution in [0.4, 0.5) is 5.69 Å². The van der Waals surface area contributed by atoms with Crippen molar-refractivity contribution in [2.24, 2.45) is 0 Å². The molecule has 1 atom stereocenters. The fourth-order valence-electron chi connectivity index (χ4n) is 3.57. The summed E-state index contributed by atoms with van der Waals surface area (Å²) in [5, 5.41) is 12.0. The SMILES string of the molecule is CC(C)c1ccccc1NC(=O)C(C)N1CCC(N(C)CC(=O)O)CC1. The summed E-state index contributed by atoms with van der Waals surface area (Å²) in [4.78, 5) is 27.6. The lowest BCUT2D eigenvalue weighted by Gasteiger charge is -2.38. The van der Waals surface area contributed by atoms with Crippen molar-refractivity contribution in [2.75, 3.05) is 32.0 Å². The summed E-state index contributed by atoms with van der Waals surface area (Å²) in [6.45, 7) is 7.84. The Labute approximate surface area is 156 Å². The van der Waals surface area contributed by atoms with Crippen LogP contribution in [0.15, 0.2) is 24.3 Å². The molecule has 1 unspecified atom stereocenters. The van der Waals surface area contributed by atoms with Crippen LogP contribution in [0, 0.1) is 0 Å². The molecule has 0 saturated carbocycles. The van der Waals surface area contributed by atoms with E-state index in [0.717, 1.165) is 37.2 Å². The maximum Gasteiger partial charge on any atom is 0.317 e. The van der Waals surface area contributed by atoms with Gasteiger partial charge < -0.3 is 10.4 Å². The fourth-order valence-corrected chi connectivity index (χ4v) is 3.57. The van der Waals surface area contributed by atoms with Crippen molar-refractivity contribution < 1.29 is 14.7 Å². The number of hydrogen-bond acceptors (Lipinski definition) is 4. The largest absolute Gasteiger partial charge is 0.480 e. The number of rotatable bonds is 7. The molecule has 0 aliphatic carbocycles. The number of likely N-dealkylation sites (tertiary alicyclic amines) is 1. The third kappa shape index (κ3) is 5.29. The third-order valence-corrected chi connectivity index (χ3v) is 5.27. The Hall–Kier alpha value is -1.92. The van der Waals surface area contributed by atoms with E-state index >= 15 is 0 Å². The van der Waals surface area contributed by atoms with Gasteiger partial charge in [0.25, 0.3) is 0 Å². The summed E-state index contributed by atoms with van der Waals surface area (Å²) in [7, 11) is 1.85. The predicted molar refractivity (Wildman–Crippen MR) is 103 cm³/mol. The highest BCUT2D eigenvalue weighted by molar-refractivity contribution is 5.95. The minimum Gasteiger partial charge on any atom is -0.480 e. The van der Waals surface area contributed by atoms with Crippen LogP contribution in [0.25, 0.3) is 0 Å². The topological polar surface area (TPSA) is 72.9 Å². The smallest absolute Gasteiger partial charge is 0.317 e. The number of carboxylic acids is 1. The van der Waals surface area contributed by atoms with Crippen molar-refractivity contribution in [3.05, 3.63) is 29.8 Å². The van der Waals surface area contributed by atoms with E-state index in [-0.39, 0.29) is 24.5 Å². The summed E-state index contributed by atoms with van der Waals surface area (Å²) in [6, 6.07) is 7.99. The second-order valence-electron chi connectivity index (χ2n) is 7.48. The van der Waals surface area contributed by atoms with Crippen molar-refractivity contribution in [3.63, 3.8) is 0 Å². The molecule has 1 amide bonds. The Morgan fingerprint density at radius 3 is 2.42 bits per heavy atom. The molecule has 0 spiro atoms. The number of nitrogens with one attached hydrogen (secondary N) is 1. The van der Waals surface area contributed by atoms with Gasteiger partial charge in [-0.15, -0.1) is 0 Å². The molecule has 1 aromatic rings. The second kappa shape index (κ2) is 9.14. The number of likely N-dealkylation sites (N-methyl/N-ethyl adjacent to an activating group) is 1. The van der Waals surface area contributed by atoms with Crippen molar-refractivity contribution in [1.82, 2.24) is 9.80 Å². The Balaban J connectivity index is 1.91. The lowest BCUT2D eigenvalue weighted by atomic mass is 10.0. The fraction of sp³-hybridized carbons (Fsp3) is 0.600. The number of carboxylic acid groups (broad SMARTS) is 1. The first-order valence-corrected chi connectivity index (χ1v) is 9.35. The molecule has 6 nitrogen and oxygen atoms in total. The summed E-state index contributed by atoms with van der Waals surface area (Å²) in [5.41, 5.74) is 2.03. The van der Waals surface area contributed by atoms with Gasteiger partial charge in [-0.05, 0) is 44.4 Å². The quantitative estimate of drug-likeness (QED) is 0.781. The summed E-state index contributed by atoms with van der Waals surface area (Å²) >= 11 is 0. The van der Waals surface area contributed by atoms with E-state index in [9.17, 15) is 9.59 Å². The van der Waals surface area contributed by atoms with Gasteiger partial charge in [-0.25, -0.2) is 0 Å². The minimum absolute atomic E-state index is 0.00967. The van der Waals surface area contributed by atoms with Gasteiger partial charge in [0, 0.05) is 24.8 Å². The minimum atomic E-state index is -0.800. The predicted octanol–water partition coefficient (Wildman–Crippen LogP) is 2.62. The second-order valence-corrected chi connectivity index (χ2v) is 7.48. The number of hydrogen-bond donors (Lipinski definition) is 2. The van der Waals surface area contributed by atoms with Crippen molar-refractivity contribution >= 4 is 17.6 Å². The molecule has 1 saturated heterocycles. The molecule has 144 valence electrons. The van der Waals surface area contributed by atoms with Crippen molar-refractivity contribution in [3.8, 4) is 0 Å². The van der Waals surface area contributed by atoms with Crippen molar-refractivity contribution in [2.45, 2.75) is 51.6 Å². The lowest BCUT2D eigenvalue weighted by Crippen LogP contribution is -2.50. The number of carbonyl (C=O) groups excluding carboxylic acids is 1. The molecule has 2 N–H and O–H groups in total. The van der Waals surface area contributed by atoms with Crippen LogP contribution in [0.3, 0.4) is 0 Å². The number of anilines is 1. The lowest BCUT2D eigenvalue weighted by molar-refractivity contribution is -0.138. The van der Waals surface area contributed by atoms with Crippen LogP contribution in [0.1, 0.15) is 45.1 Å². The third-order valence-electron chi connectivity index (χ3n) is 5.27. The first-order chi connectivity index (χ1) is 12.3. The molecule has 1 aliphatic heterocycles. The molecule has 2 rings (SSSR count). The average Bonchev–Trinajstić information content (AvgIpc) is 2.60. The first kappa shape index (κ1) is 20.4. The summed E-state index contributed by atoms with van der Waals surface area (Å²) < 4.78 is 0. The molecule has 26 heavy (non-hydrogen) atoms. The number of amides is 1. The molecule has 1 heterocycles. The maximum absolute atomic E-state index is 12.7. The molecular weight excluding hydrogens is 330 g/mol. The Morgan fingerprint density at radius 2 is 1.85 bits per heavy atom. The van der Waals surface area contributed by atoms with Crippen LogP contribution < -0.4 is 5.32 Å².